The highest BCUT2D eigenvalue weighted by Gasteiger charge is 2.15. The van der Waals surface area contributed by atoms with E-state index in [1.54, 1.807) is 19.1 Å². The van der Waals surface area contributed by atoms with Crippen molar-refractivity contribution in [2.24, 2.45) is 0 Å². The molecule has 0 fully saturated rings. The molecule has 2 aromatic carbocycles. The molecule has 0 saturated carbocycles. The molecule has 2 aromatic heterocycles. The van der Waals surface area contributed by atoms with Gasteiger partial charge in [0.25, 0.3) is 0 Å². The third kappa shape index (κ3) is 3.76. The first kappa shape index (κ1) is 20.0. The molecule has 0 bridgehead atoms. The lowest BCUT2D eigenvalue weighted by Crippen LogP contribution is -2.07. The van der Waals surface area contributed by atoms with Crippen LogP contribution in [-0.2, 0) is 6.42 Å². The molecule has 152 valence electrons. The van der Waals surface area contributed by atoms with Gasteiger partial charge in [-0.25, -0.2) is 14.8 Å². The second-order valence-corrected chi connectivity index (χ2v) is 7.48. The molecule has 0 saturated heterocycles. The number of anilines is 1. The van der Waals surface area contributed by atoms with Gasteiger partial charge in [-0.15, -0.1) is 12.6 Å². The molecular weight excluding hydrogens is 398 g/mol. The summed E-state index contributed by atoms with van der Waals surface area (Å²) < 4.78 is 5.83. The highest BCUT2D eigenvalue weighted by Crippen LogP contribution is 2.31. The Balaban J connectivity index is 1.52. The molecular formula is C23H21N3O3S. The molecule has 2 heterocycles. The van der Waals surface area contributed by atoms with E-state index in [4.69, 9.17) is 4.42 Å². The molecule has 0 radical (unpaired) electrons. The lowest BCUT2D eigenvalue weighted by atomic mass is 10.0. The van der Waals surface area contributed by atoms with Crippen molar-refractivity contribution in [3.05, 3.63) is 71.2 Å². The van der Waals surface area contributed by atoms with Crippen LogP contribution in [0.25, 0.3) is 22.2 Å². The molecule has 4 aromatic rings. The number of para-hydroxylation sites is 1. The summed E-state index contributed by atoms with van der Waals surface area (Å²) in [5, 5.41) is 13.8. The maximum atomic E-state index is 11.3. The second kappa shape index (κ2) is 8.20. The van der Waals surface area contributed by atoms with E-state index in [9.17, 15) is 9.90 Å². The molecule has 30 heavy (non-hydrogen) atoms. The maximum absolute atomic E-state index is 11.3. The number of rotatable bonds is 6. The smallest absolute Gasteiger partial charge is 0.335 e. The second-order valence-electron chi connectivity index (χ2n) is 7.04. The minimum Gasteiger partial charge on any atom is -0.478 e. The number of benzene rings is 2. The fourth-order valence-corrected chi connectivity index (χ4v) is 3.90. The van der Waals surface area contributed by atoms with Crippen LogP contribution in [0.5, 0.6) is 0 Å². The SMILES string of the molecule is Cc1oc2ccccc2c1CCNc1cc(-c2ccc(C(=O)O)c(C)c2S)ncn1. The van der Waals surface area contributed by atoms with E-state index in [-0.39, 0.29) is 5.56 Å². The molecule has 0 aliphatic rings. The summed E-state index contributed by atoms with van der Waals surface area (Å²) >= 11 is 4.52. The van der Waals surface area contributed by atoms with Crippen molar-refractivity contribution >= 4 is 35.4 Å². The zero-order chi connectivity index (χ0) is 21.3. The molecule has 0 atom stereocenters. The monoisotopic (exact) mass is 419 g/mol. The van der Waals surface area contributed by atoms with Crippen LogP contribution in [0, 0.1) is 13.8 Å². The van der Waals surface area contributed by atoms with Crippen LogP contribution < -0.4 is 5.32 Å². The first-order chi connectivity index (χ1) is 14.5. The van der Waals surface area contributed by atoms with Gasteiger partial charge in [0.1, 0.15) is 23.5 Å². The number of aromatic nitrogens is 2. The van der Waals surface area contributed by atoms with Crippen LogP contribution in [0.15, 0.2) is 58.1 Å². The largest absolute Gasteiger partial charge is 0.478 e. The number of furan rings is 1. The van der Waals surface area contributed by atoms with Crippen molar-refractivity contribution in [2.45, 2.75) is 25.2 Å². The number of hydrogen-bond acceptors (Lipinski definition) is 6. The number of fused-ring (bicyclic) bond motifs is 1. The fraction of sp³-hybridized carbons (Fsp3) is 0.174. The van der Waals surface area contributed by atoms with E-state index in [0.29, 0.717) is 28.5 Å². The van der Waals surface area contributed by atoms with Crippen molar-refractivity contribution in [1.82, 2.24) is 9.97 Å². The third-order valence-electron chi connectivity index (χ3n) is 5.19. The zero-order valence-corrected chi connectivity index (χ0v) is 17.5. The van der Waals surface area contributed by atoms with Gasteiger partial charge in [0.2, 0.25) is 0 Å². The van der Waals surface area contributed by atoms with Crippen LogP contribution in [-0.4, -0.2) is 27.6 Å². The molecule has 0 amide bonds. The number of carboxylic acids is 1. The van der Waals surface area contributed by atoms with E-state index in [1.807, 2.05) is 31.2 Å². The van der Waals surface area contributed by atoms with E-state index in [0.717, 1.165) is 28.7 Å². The minimum absolute atomic E-state index is 0.235. The summed E-state index contributed by atoms with van der Waals surface area (Å²) in [7, 11) is 0. The first-order valence-corrected chi connectivity index (χ1v) is 9.99. The summed E-state index contributed by atoms with van der Waals surface area (Å²) in [5.41, 5.74) is 4.38. The number of carboxylic acid groups (broad SMARTS) is 1. The third-order valence-corrected chi connectivity index (χ3v) is 5.76. The summed E-state index contributed by atoms with van der Waals surface area (Å²) in [4.78, 5) is 20.6. The van der Waals surface area contributed by atoms with Crippen molar-refractivity contribution in [1.29, 1.82) is 0 Å². The number of nitrogens with one attached hydrogen (secondary N) is 1. The van der Waals surface area contributed by atoms with Crippen LogP contribution in [0.4, 0.5) is 5.82 Å². The van der Waals surface area contributed by atoms with Crippen LogP contribution >= 0.6 is 12.6 Å². The van der Waals surface area contributed by atoms with Crippen molar-refractivity contribution in [3.63, 3.8) is 0 Å². The number of thiol groups is 1. The Bertz CT molecular complexity index is 1250. The average Bonchev–Trinajstić information content (AvgIpc) is 3.05. The summed E-state index contributed by atoms with van der Waals surface area (Å²) in [5.74, 6) is 0.648. The van der Waals surface area contributed by atoms with E-state index in [2.05, 4.69) is 34.0 Å². The number of hydrogen-bond donors (Lipinski definition) is 3. The Kier molecular flexibility index (Phi) is 5.46. The normalized spacial score (nSPS) is 11.0. The molecule has 6 nitrogen and oxygen atoms in total. The molecule has 0 unspecified atom stereocenters. The first-order valence-electron chi connectivity index (χ1n) is 9.55. The van der Waals surface area contributed by atoms with Crippen LogP contribution in [0.3, 0.4) is 0 Å². The quantitative estimate of drug-likeness (QED) is 0.375. The van der Waals surface area contributed by atoms with Gasteiger partial charge >= 0.3 is 5.97 Å². The highest BCUT2D eigenvalue weighted by molar-refractivity contribution is 7.80. The van der Waals surface area contributed by atoms with Gasteiger partial charge in [0.05, 0.1) is 11.3 Å². The summed E-state index contributed by atoms with van der Waals surface area (Å²) in [6.45, 7) is 4.41. The standard InChI is InChI=1S/C23H21N3O3S/c1-13-15(23(27)28)7-8-18(22(13)30)19-11-21(26-12-25-19)24-10-9-16-14(2)29-20-6-4-3-5-17(16)20/h3-8,11-12,30H,9-10H2,1-2H3,(H,27,28)(H,24,25,26). The molecule has 0 spiro atoms. The zero-order valence-electron chi connectivity index (χ0n) is 16.6. The maximum Gasteiger partial charge on any atom is 0.335 e. The predicted molar refractivity (Wildman–Crippen MR) is 120 cm³/mol. The molecule has 7 heteroatoms. The Labute approximate surface area is 179 Å². The molecule has 0 aliphatic heterocycles. The average molecular weight is 420 g/mol. The number of nitrogens with zero attached hydrogens (tertiary/aromatic N) is 2. The van der Waals surface area contributed by atoms with Gasteiger partial charge in [0.15, 0.2) is 0 Å². The summed E-state index contributed by atoms with van der Waals surface area (Å²) in [6.07, 6.45) is 2.29. The minimum atomic E-state index is -0.971. The summed E-state index contributed by atoms with van der Waals surface area (Å²) in [6, 6.07) is 13.2. The topological polar surface area (TPSA) is 88.2 Å². The van der Waals surface area contributed by atoms with Crippen molar-refractivity contribution in [3.8, 4) is 11.3 Å². The lowest BCUT2D eigenvalue weighted by molar-refractivity contribution is 0.0696. The highest BCUT2D eigenvalue weighted by atomic mass is 32.1. The Hall–Kier alpha value is -3.32. The Morgan fingerprint density at radius 3 is 2.77 bits per heavy atom. The van der Waals surface area contributed by atoms with Gasteiger partial charge in [-0.3, -0.25) is 0 Å². The Morgan fingerprint density at radius 2 is 1.97 bits per heavy atom. The molecule has 4 rings (SSSR count). The fourth-order valence-electron chi connectivity index (χ4n) is 3.59. The van der Waals surface area contributed by atoms with E-state index >= 15 is 0 Å². The van der Waals surface area contributed by atoms with Gasteiger partial charge < -0.3 is 14.8 Å². The van der Waals surface area contributed by atoms with Crippen LogP contribution in [0.1, 0.15) is 27.2 Å². The van der Waals surface area contributed by atoms with Gasteiger partial charge in [0, 0.05) is 34.0 Å². The van der Waals surface area contributed by atoms with Crippen molar-refractivity contribution < 1.29 is 14.3 Å². The predicted octanol–water partition coefficient (Wildman–Crippen LogP) is 5.15. The number of aryl methyl sites for hydroxylation is 1. The number of aromatic carboxylic acids is 1. The van der Waals surface area contributed by atoms with E-state index < -0.39 is 5.97 Å². The lowest BCUT2D eigenvalue weighted by Gasteiger charge is -2.11. The Morgan fingerprint density at radius 1 is 1.17 bits per heavy atom. The van der Waals surface area contributed by atoms with Gasteiger partial charge in [-0.1, -0.05) is 24.3 Å². The number of carbonyl (C=O) groups is 1. The van der Waals surface area contributed by atoms with Gasteiger partial charge in [-0.2, -0.15) is 0 Å². The van der Waals surface area contributed by atoms with E-state index in [1.165, 1.54) is 11.9 Å². The van der Waals surface area contributed by atoms with Gasteiger partial charge in [-0.05, 0) is 38.0 Å². The molecule has 2 N–H and O–H groups in total. The molecule has 0 aliphatic carbocycles. The van der Waals surface area contributed by atoms with Crippen molar-refractivity contribution in [2.75, 3.05) is 11.9 Å². The van der Waals surface area contributed by atoms with Crippen LogP contribution in [0.2, 0.25) is 0 Å².